The number of carbonyl (C=O) groups excluding carboxylic acids is 1. The van der Waals surface area contributed by atoms with E-state index in [-0.39, 0.29) is 18.0 Å². The molecule has 0 aliphatic heterocycles. The number of pyridine rings is 2. The number of amides is 1. The van der Waals surface area contributed by atoms with Crippen LogP contribution in [-0.4, -0.2) is 30.6 Å². The van der Waals surface area contributed by atoms with Crippen molar-refractivity contribution in [2.24, 2.45) is 0 Å². The van der Waals surface area contributed by atoms with Crippen molar-refractivity contribution < 1.29 is 4.79 Å². The molecule has 28 heavy (non-hydrogen) atoms. The van der Waals surface area contributed by atoms with Gasteiger partial charge in [0.15, 0.2) is 0 Å². The normalized spacial score (nSPS) is 10.9. The second-order valence-corrected chi connectivity index (χ2v) is 6.52. The lowest BCUT2D eigenvalue weighted by atomic mass is 10.2. The van der Waals surface area contributed by atoms with E-state index in [2.05, 4.69) is 15.1 Å². The predicted molar refractivity (Wildman–Crippen MR) is 105 cm³/mol. The molecule has 0 saturated carbocycles. The highest BCUT2D eigenvalue weighted by Crippen LogP contribution is 2.11. The monoisotopic (exact) mass is 373 g/mol. The van der Waals surface area contributed by atoms with E-state index in [1.165, 1.54) is 4.68 Å². The molecule has 0 aliphatic carbocycles. The molecule has 0 atom stereocenters. The van der Waals surface area contributed by atoms with Gasteiger partial charge in [-0.3, -0.25) is 24.7 Å². The van der Waals surface area contributed by atoms with E-state index < -0.39 is 0 Å². The fourth-order valence-corrected chi connectivity index (χ4v) is 3.11. The third-order valence-corrected chi connectivity index (χ3v) is 4.50. The molecular weight excluding hydrogens is 354 g/mol. The quantitative estimate of drug-likeness (QED) is 0.562. The minimum Gasteiger partial charge on any atom is -0.332 e. The molecule has 7 nitrogen and oxygen atoms in total. The number of carbonyl (C=O) groups is 1. The standard InChI is InChI=1S/C21H19N5O2/c27-20(15-26-21(28)18-7-1-2-8-19(18)24-26)25(13-16-5-3-9-22-11-16)14-17-6-4-10-23-12-17/h1-12,24H,13-15H2. The maximum atomic E-state index is 13.1. The van der Waals surface area contributed by atoms with Crippen molar-refractivity contribution in [3.05, 3.63) is 94.8 Å². The number of H-pyrrole nitrogens is 1. The molecule has 0 radical (unpaired) electrons. The molecule has 1 amide bonds. The minimum absolute atomic E-state index is 0.0615. The van der Waals surface area contributed by atoms with E-state index in [1.54, 1.807) is 41.8 Å². The lowest BCUT2D eigenvalue weighted by Gasteiger charge is -2.23. The number of aromatic nitrogens is 4. The molecule has 0 aliphatic rings. The summed E-state index contributed by atoms with van der Waals surface area (Å²) in [7, 11) is 0. The first kappa shape index (κ1) is 17.7. The number of hydrogen-bond donors (Lipinski definition) is 1. The maximum absolute atomic E-state index is 13.1. The number of hydrogen-bond acceptors (Lipinski definition) is 4. The topological polar surface area (TPSA) is 83.9 Å². The third kappa shape index (κ3) is 3.83. The van der Waals surface area contributed by atoms with Gasteiger partial charge in [-0.2, -0.15) is 0 Å². The van der Waals surface area contributed by atoms with Gasteiger partial charge >= 0.3 is 0 Å². The van der Waals surface area contributed by atoms with E-state index in [9.17, 15) is 9.59 Å². The minimum atomic E-state index is -0.202. The summed E-state index contributed by atoms with van der Waals surface area (Å²) in [5, 5.41) is 3.58. The Bertz CT molecular complexity index is 1090. The lowest BCUT2D eigenvalue weighted by molar-refractivity contribution is -0.133. The summed E-state index contributed by atoms with van der Waals surface area (Å²) in [6.45, 7) is 0.737. The average Bonchev–Trinajstić information content (AvgIpc) is 3.05. The smallest absolute Gasteiger partial charge is 0.274 e. The molecule has 4 rings (SSSR count). The molecular formula is C21H19N5O2. The third-order valence-electron chi connectivity index (χ3n) is 4.50. The van der Waals surface area contributed by atoms with E-state index in [0.717, 1.165) is 11.1 Å². The van der Waals surface area contributed by atoms with Gasteiger partial charge in [0, 0.05) is 37.9 Å². The van der Waals surface area contributed by atoms with E-state index in [0.29, 0.717) is 24.0 Å². The number of nitrogens with one attached hydrogen (secondary N) is 1. The Hall–Kier alpha value is -3.74. The molecule has 3 heterocycles. The maximum Gasteiger partial charge on any atom is 0.274 e. The number of para-hydroxylation sites is 1. The van der Waals surface area contributed by atoms with Gasteiger partial charge in [0.25, 0.3) is 5.56 Å². The van der Waals surface area contributed by atoms with Gasteiger partial charge in [0.05, 0.1) is 10.9 Å². The largest absolute Gasteiger partial charge is 0.332 e. The van der Waals surface area contributed by atoms with Crippen LogP contribution in [0.25, 0.3) is 10.9 Å². The Morgan fingerprint density at radius 2 is 1.57 bits per heavy atom. The lowest BCUT2D eigenvalue weighted by Crippen LogP contribution is -2.35. The van der Waals surface area contributed by atoms with Gasteiger partial charge in [0.2, 0.25) is 5.91 Å². The first-order valence-corrected chi connectivity index (χ1v) is 8.94. The molecule has 0 fully saturated rings. The molecule has 140 valence electrons. The summed E-state index contributed by atoms with van der Waals surface area (Å²) in [4.78, 5) is 35.5. The zero-order valence-electron chi connectivity index (χ0n) is 15.2. The van der Waals surface area contributed by atoms with Crippen LogP contribution in [0.15, 0.2) is 78.1 Å². The molecule has 4 aromatic rings. The fraction of sp³-hybridized carbons (Fsp3) is 0.143. The highest BCUT2D eigenvalue weighted by molar-refractivity contribution is 5.79. The van der Waals surface area contributed by atoms with Gasteiger partial charge in [-0.05, 0) is 35.4 Å². The van der Waals surface area contributed by atoms with Crippen molar-refractivity contribution in [1.29, 1.82) is 0 Å². The van der Waals surface area contributed by atoms with Crippen molar-refractivity contribution in [2.75, 3.05) is 0 Å². The Labute approximate surface area is 161 Å². The summed E-state index contributed by atoms with van der Waals surface area (Å²) in [5.74, 6) is -0.165. The van der Waals surface area contributed by atoms with Gasteiger partial charge in [-0.1, -0.05) is 24.3 Å². The molecule has 1 N–H and O–H groups in total. The summed E-state index contributed by atoms with van der Waals surface area (Å²) < 4.78 is 1.35. The van der Waals surface area contributed by atoms with Crippen LogP contribution in [-0.2, 0) is 24.4 Å². The number of fused-ring (bicyclic) bond motifs is 1. The predicted octanol–water partition coefficient (Wildman–Crippen LogP) is 2.35. The second-order valence-electron chi connectivity index (χ2n) is 6.52. The average molecular weight is 373 g/mol. The van der Waals surface area contributed by atoms with Crippen LogP contribution in [0.1, 0.15) is 11.1 Å². The van der Waals surface area contributed by atoms with Crippen LogP contribution in [0.5, 0.6) is 0 Å². The molecule has 3 aromatic heterocycles. The van der Waals surface area contributed by atoms with E-state index in [4.69, 9.17) is 0 Å². The molecule has 7 heteroatoms. The SMILES string of the molecule is O=C(Cn1[nH]c2ccccc2c1=O)N(Cc1cccnc1)Cc1cccnc1. The Morgan fingerprint density at radius 1 is 0.929 bits per heavy atom. The van der Waals surface area contributed by atoms with Crippen LogP contribution in [0.3, 0.4) is 0 Å². The van der Waals surface area contributed by atoms with Crippen LogP contribution >= 0.6 is 0 Å². The van der Waals surface area contributed by atoms with Crippen LogP contribution in [0.4, 0.5) is 0 Å². The molecule has 0 unspecified atom stereocenters. The zero-order chi connectivity index (χ0) is 19.3. The van der Waals surface area contributed by atoms with Crippen molar-refractivity contribution >= 4 is 16.8 Å². The second kappa shape index (κ2) is 7.87. The first-order chi connectivity index (χ1) is 13.7. The van der Waals surface area contributed by atoms with Gasteiger partial charge < -0.3 is 4.90 Å². The van der Waals surface area contributed by atoms with E-state index >= 15 is 0 Å². The molecule has 0 saturated heterocycles. The Balaban J connectivity index is 1.59. The van der Waals surface area contributed by atoms with Gasteiger partial charge in [-0.25, -0.2) is 4.68 Å². The van der Waals surface area contributed by atoms with Crippen molar-refractivity contribution in [2.45, 2.75) is 19.6 Å². The fourth-order valence-electron chi connectivity index (χ4n) is 3.11. The molecule has 1 aromatic carbocycles. The highest BCUT2D eigenvalue weighted by atomic mass is 16.2. The first-order valence-electron chi connectivity index (χ1n) is 8.94. The zero-order valence-corrected chi connectivity index (χ0v) is 15.2. The van der Waals surface area contributed by atoms with Gasteiger partial charge in [0.1, 0.15) is 6.54 Å². The summed E-state index contributed by atoms with van der Waals surface area (Å²) in [6.07, 6.45) is 6.86. The summed E-state index contributed by atoms with van der Waals surface area (Å²) in [6, 6.07) is 14.7. The van der Waals surface area contributed by atoms with Crippen LogP contribution in [0.2, 0.25) is 0 Å². The van der Waals surface area contributed by atoms with Crippen LogP contribution in [0, 0.1) is 0 Å². The summed E-state index contributed by atoms with van der Waals surface area (Å²) in [5.41, 5.74) is 2.35. The molecule has 0 bridgehead atoms. The highest BCUT2D eigenvalue weighted by Gasteiger charge is 2.17. The van der Waals surface area contributed by atoms with Crippen LogP contribution < -0.4 is 5.56 Å². The van der Waals surface area contributed by atoms with Crippen molar-refractivity contribution in [1.82, 2.24) is 24.6 Å². The Morgan fingerprint density at radius 3 is 2.14 bits per heavy atom. The summed E-state index contributed by atoms with van der Waals surface area (Å²) >= 11 is 0. The Kier molecular flexibility index (Phi) is 4.97. The number of nitrogens with zero attached hydrogens (tertiary/aromatic N) is 4. The number of benzene rings is 1. The van der Waals surface area contributed by atoms with Crippen molar-refractivity contribution in [3.8, 4) is 0 Å². The van der Waals surface area contributed by atoms with Crippen molar-refractivity contribution in [3.63, 3.8) is 0 Å². The number of rotatable bonds is 6. The van der Waals surface area contributed by atoms with E-state index in [1.807, 2.05) is 36.4 Å². The molecule has 0 spiro atoms. The van der Waals surface area contributed by atoms with Gasteiger partial charge in [-0.15, -0.1) is 0 Å². The number of aromatic amines is 1.